The Labute approximate surface area is 171 Å². The molecule has 0 saturated carbocycles. The molecular formula is C23H27N3O3. The predicted molar refractivity (Wildman–Crippen MR) is 114 cm³/mol. The van der Waals surface area contributed by atoms with Crippen molar-refractivity contribution in [3.8, 4) is 0 Å². The monoisotopic (exact) mass is 393 g/mol. The highest BCUT2D eigenvalue weighted by atomic mass is 16.2. The summed E-state index contributed by atoms with van der Waals surface area (Å²) in [6.45, 7) is 7.82. The standard InChI is InChI=1S/C23H27N3O3/c1-14-10-16(3)22(17(4)11-14)24-20(27)13-25(5)19-12-21(28)26(23(19)29)18-9-7-6-8-15(18)2/h6-11,19H,12-13H2,1-5H3,(H,24,27). The predicted octanol–water partition coefficient (Wildman–Crippen LogP) is 3.12. The van der Waals surface area contributed by atoms with E-state index in [0.29, 0.717) is 5.69 Å². The summed E-state index contributed by atoms with van der Waals surface area (Å²) in [5.41, 5.74) is 5.40. The number of nitrogens with zero attached hydrogens (tertiary/aromatic N) is 2. The maximum atomic E-state index is 12.9. The second-order valence-electron chi connectivity index (χ2n) is 7.81. The molecule has 0 spiro atoms. The third kappa shape index (κ3) is 4.22. The number of imide groups is 1. The quantitative estimate of drug-likeness (QED) is 0.793. The number of aryl methyl sites for hydroxylation is 4. The maximum absolute atomic E-state index is 12.9. The highest BCUT2D eigenvalue weighted by Crippen LogP contribution is 2.28. The Morgan fingerprint density at radius 2 is 1.69 bits per heavy atom. The summed E-state index contributed by atoms with van der Waals surface area (Å²) in [5, 5.41) is 2.95. The average Bonchev–Trinajstić information content (AvgIpc) is 2.93. The smallest absolute Gasteiger partial charge is 0.251 e. The average molecular weight is 393 g/mol. The first-order chi connectivity index (χ1) is 13.7. The van der Waals surface area contributed by atoms with Crippen molar-refractivity contribution in [2.24, 2.45) is 0 Å². The highest BCUT2D eigenvalue weighted by Gasteiger charge is 2.42. The van der Waals surface area contributed by atoms with Crippen LogP contribution in [-0.4, -0.2) is 42.3 Å². The van der Waals surface area contributed by atoms with Crippen LogP contribution in [-0.2, 0) is 14.4 Å². The van der Waals surface area contributed by atoms with Crippen LogP contribution in [0.15, 0.2) is 36.4 Å². The van der Waals surface area contributed by atoms with Crippen molar-refractivity contribution in [1.82, 2.24) is 4.90 Å². The molecule has 1 aliphatic heterocycles. The molecule has 6 nitrogen and oxygen atoms in total. The SMILES string of the molecule is Cc1cc(C)c(NC(=O)CN(C)C2CC(=O)N(c3ccccc3C)C2=O)c(C)c1. The van der Waals surface area contributed by atoms with Crippen molar-refractivity contribution in [3.63, 3.8) is 0 Å². The lowest BCUT2D eigenvalue weighted by Crippen LogP contribution is -2.43. The van der Waals surface area contributed by atoms with Gasteiger partial charge in [-0.1, -0.05) is 35.9 Å². The number of rotatable bonds is 5. The van der Waals surface area contributed by atoms with E-state index in [9.17, 15) is 14.4 Å². The highest BCUT2D eigenvalue weighted by molar-refractivity contribution is 6.22. The lowest BCUT2D eigenvalue weighted by molar-refractivity contribution is -0.123. The molecule has 1 atom stereocenters. The minimum absolute atomic E-state index is 0.0258. The lowest BCUT2D eigenvalue weighted by Gasteiger charge is -2.23. The fourth-order valence-electron chi connectivity index (χ4n) is 3.92. The number of benzene rings is 2. The van der Waals surface area contributed by atoms with Gasteiger partial charge in [0.15, 0.2) is 0 Å². The summed E-state index contributed by atoms with van der Waals surface area (Å²) in [6.07, 6.45) is 0.0690. The summed E-state index contributed by atoms with van der Waals surface area (Å²) in [5.74, 6) is -0.744. The molecular weight excluding hydrogens is 366 g/mol. The second-order valence-corrected chi connectivity index (χ2v) is 7.81. The number of carbonyl (C=O) groups excluding carboxylic acids is 3. The molecule has 2 aromatic rings. The Morgan fingerprint density at radius 1 is 1.07 bits per heavy atom. The van der Waals surface area contributed by atoms with E-state index in [-0.39, 0.29) is 30.7 Å². The second kappa shape index (κ2) is 8.17. The summed E-state index contributed by atoms with van der Waals surface area (Å²) in [4.78, 5) is 40.9. The van der Waals surface area contributed by atoms with Crippen molar-refractivity contribution in [2.75, 3.05) is 23.8 Å². The van der Waals surface area contributed by atoms with Gasteiger partial charge in [0, 0.05) is 5.69 Å². The maximum Gasteiger partial charge on any atom is 0.251 e. The number of para-hydroxylation sites is 1. The molecule has 1 fully saturated rings. The van der Waals surface area contributed by atoms with Gasteiger partial charge in [-0.2, -0.15) is 0 Å². The zero-order valence-electron chi connectivity index (χ0n) is 17.6. The number of hydrogen-bond acceptors (Lipinski definition) is 4. The molecule has 0 aromatic heterocycles. The van der Waals surface area contributed by atoms with Crippen LogP contribution in [0.3, 0.4) is 0 Å². The molecule has 1 saturated heterocycles. The van der Waals surface area contributed by atoms with Crippen LogP contribution in [0.2, 0.25) is 0 Å². The first-order valence-electron chi connectivity index (χ1n) is 9.69. The minimum Gasteiger partial charge on any atom is -0.324 e. The van der Waals surface area contributed by atoms with Gasteiger partial charge in [-0.05, 0) is 57.5 Å². The minimum atomic E-state index is -0.645. The van der Waals surface area contributed by atoms with Crippen LogP contribution in [0.4, 0.5) is 11.4 Å². The van der Waals surface area contributed by atoms with E-state index in [2.05, 4.69) is 5.32 Å². The van der Waals surface area contributed by atoms with Gasteiger partial charge in [0.1, 0.15) is 0 Å². The molecule has 6 heteroatoms. The topological polar surface area (TPSA) is 69.7 Å². The van der Waals surface area contributed by atoms with Gasteiger partial charge in [-0.25, -0.2) is 4.90 Å². The Bertz CT molecular complexity index is 960. The van der Waals surface area contributed by atoms with Crippen LogP contribution >= 0.6 is 0 Å². The Morgan fingerprint density at radius 3 is 2.31 bits per heavy atom. The number of amides is 3. The summed E-state index contributed by atoms with van der Waals surface area (Å²) < 4.78 is 0. The van der Waals surface area contributed by atoms with Gasteiger partial charge in [0.05, 0.1) is 24.7 Å². The molecule has 0 bridgehead atoms. The van der Waals surface area contributed by atoms with Crippen LogP contribution in [0.5, 0.6) is 0 Å². The van der Waals surface area contributed by atoms with E-state index < -0.39 is 6.04 Å². The fourth-order valence-corrected chi connectivity index (χ4v) is 3.92. The van der Waals surface area contributed by atoms with Gasteiger partial charge in [0.2, 0.25) is 11.8 Å². The van der Waals surface area contributed by atoms with Crippen LogP contribution < -0.4 is 10.2 Å². The number of nitrogens with one attached hydrogen (secondary N) is 1. The molecule has 1 aliphatic rings. The molecule has 2 aromatic carbocycles. The van der Waals surface area contributed by atoms with E-state index >= 15 is 0 Å². The first kappa shape index (κ1) is 20.7. The van der Waals surface area contributed by atoms with Crippen molar-refractivity contribution in [2.45, 2.75) is 40.2 Å². The molecule has 1 unspecified atom stereocenters. The fraction of sp³-hybridized carbons (Fsp3) is 0.348. The molecule has 3 rings (SSSR count). The first-order valence-corrected chi connectivity index (χ1v) is 9.69. The summed E-state index contributed by atoms with van der Waals surface area (Å²) in [7, 11) is 1.70. The molecule has 1 N–H and O–H groups in total. The van der Waals surface area contributed by atoms with E-state index in [1.165, 1.54) is 4.90 Å². The third-order valence-corrected chi connectivity index (χ3v) is 5.35. The van der Waals surface area contributed by atoms with Gasteiger partial charge in [-0.15, -0.1) is 0 Å². The Kier molecular flexibility index (Phi) is 5.84. The van der Waals surface area contributed by atoms with E-state index in [1.54, 1.807) is 24.1 Å². The molecule has 29 heavy (non-hydrogen) atoms. The number of anilines is 2. The van der Waals surface area contributed by atoms with Gasteiger partial charge < -0.3 is 5.32 Å². The lowest BCUT2D eigenvalue weighted by atomic mass is 10.1. The summed E-state index contributed by atoms with van der Waals surface area (Å²) in [6, 6.07) is 10.7. The van der Waals surface area contributed by atoms with Gasteiger partial charge in [0.25, 0.3) is 5.91 Å². The molecule has 3 amide bonds. The van der Waals surface area contributed by atoms with Crippen molar-refractivity contribution in [1.29, 1.82) is 0 Å². The van der Waals surface area contributed by atoms with Crippen LogP contribution in [0.25, 0.3) is 0 Å². The van der Waals surface area contributed by atoms with Crippen LogP contribution in [0.1, 0.15) is 28.7 Å². The third-order valence-electron chi connectivity index (χ3n) is 5.35. The largest absolute Gasteiger partial charge is 0.324 e. The van der Waals surface area contributed by atoms with Crippen molar-refractivity contribution >= 4 is 29.1 Å². The molecule has 1 heterocycles. The molecule has 0 aliphatic carbocycles. The molecule has 152 valence electrons. The van der Waals surface area contributed by atoms with E-state index in [4.69, 9.17) is 0 Å². The van der Waals surface area contributed by atoms with E-state index in [0.717, 1.165) is 27.9 Å². The zero-order chi connectivity index (χ0) is 21.3. The number of carbonyl (C=O) groups is 3. The van der Waals surface area contributed by atoms with Crippen molar-refractivity contribution < 1.29 is 14.4 Å². The van der Waals surface area contributed by atoms with Gasteiger partial charge >= 0.3 is 0 Å². The number of hydrogen-bond donors (Lipinski definition) is 1. The Balaban J connectivity index is 1.70. The molecule has 0 radical (unpaired) electrons. The van der Waals surface area contributed by atoms with Crippen molar-refractivity contribution in [3.05, 3.63) is 58.7 Å². The zero-order valence-corrected chi connectivity index (χ0v) is 17.6. The summed E-state index contributed by atoms with van der Waals surface area (Å²) >= 11 is 0. The van der Waals surface area contributed by atoms with Gasteiger partial charge in [-0.3, -0.25) is 19.3 Å². The van der Waals surface area contributed by atoms with E-state index in [1.807, 2.05) is 52.0 Å². The van der Waals surface area contributed by atoms with Crippen LogP contribution in [0, 0.1) is 27.7 Å². The Hall–Kier alpha value is -2.99. The normalized spacial score (nSPS) is 16.6. The number of likely N-dealkylation sites (N-methyl/N-ethyl adjacent to an activating group) is 1.